The maximum Gasteiger partial charge on any atom is 0.271 e. The van der Waals surface area contributed by atoms with Crippen molar-refractivity contribution in [3.63, 3.8) is 0 Å². The van der Waals surface area contributed by atoms with Gasteiger partial charge in [-0.3, -0.25) is 14.9 Å². The number of amides is 1. The van der Waals surface area contributed by atoms with Gasteiger partial charge >= 0.3 is 0 Å². The highest BCUT2D eigenvalue weighted by molar-refractivity contribution is 5.77. The van der Waals surface area contributed by atoms with Crippen molar-refractivity contribution in [3.8, 4) is 0 Å². The molecule has 142 valence electrons. The van der Waals surface area contributed by atoms with Crippen molar-refractivity contribution >= 4 is 17.3 Å². The van der Waals surface area contributed by atoms with Gasteiger partial charge in [-0.15, -0.1) is 0 Å². The number of hydrogen-bond donors (Lipinski definition) is 0. The quantitative estimate of drug-likeness (QED) is 0.595. The third kappa shape index (κ3) is 4.61. The van der Waals surface area contributed by atoms with E-state index < -0.39 is 4.92 Å². The lowest BCUT2D eigenvalue weighted by Gasteiger charge is -2.36. The Morgan fingerprint density at radius 3 is 2.44 bits per heavy atom. The van der Waals surface area contributed by atoms with Gasteiger partial charge < -0.3 is 9.80 Å². The van der Waals surface area contributed by atoms with Gasteiger partial charge in [0.15, 0.2) is 0 Å². The molecule has 0 saturated carbocycles. The van der Waals surface area contributed by atoms with E-state index in [1.54, 1.807) is 24.3 Å². The summed E-state index contributed by atoms with van der Waals surface area (Å²) in [5.41, 5.74) is 1.81. The zero-order chi connectivity index (χ0) is 19.4. The molecule has 2 aromatic carbocycles. The van der Waals surface area contributed by atoms with Crippen molar-refractivity contribution in [2.24, 2.45) is 0 Å². The summed E-state index contributed by atoms with van der Waals surface area (Å²) in [6.07, 6.45) is 0.377. The van der Waals surface area contributed by atoms with Crippen molar-refractivity contribution in [2.45, 2.75) is 19.3 Å². The van der Waals surface area contributed by atoms with Gasteiger partial charge in [-0.25, -0.2) is 4.39 Å². The maximum atomic E-state index is 13.0. The first-order valence-corrected chi connectivity index (χ1v) is 8.96. The minimum Gasteiger partial charge on any atom is -0.368 e. The molecule has 1 aliphatic rings. The number of piperazine rings is 1. The normalized spacial score (nSPS) is 15.5. The summed E-state index contributed by atoms with van der Waals surface area (Å²) < 4.78 is 13.0. The van der Waals surface area contributed by atoms with Gasteiger partial charge in [0.1, 0.15) is 5.82 Å². The van der Waals surface area contributed by atoms with E-state index in [2.05, 4.69) is 4.90 Å². The molecule has 1 amide bonds. The molecule has 3 rings (SSSR count). The van der Waals surface area contributed by atoms with Gasteiger partial charge in [-0.1, -0.05) is 25.1 Å². The molecule has 0 bridgehead atoms. The zero-order valence-corrected chi connectivity index (χ0v) is 15.2. The predicted octanol–water partition coefficient (Wildman–Crippen LogP) is 3.58. The van der Waals surface area contributed by atoms with E-state index in [1.165, 1.54) is 18.2 Å². The molecule has 7 heteroatoms. The van der Waals surface area contributed by atoms with Gasteiger partial charge in [-0.2, -0.15) is 0 Å². The van der Waals surface area contributed by atoms with E-state index in [0.717, 1.165) is 11.3 Å². The van der Waals surface area contributed by atoms with E-state index in [-0.39, 0.29) is 23.3 Å². The van der Waals surface area contributed by atoms with Crippen LogP contribution in [0.2, 0.25) is 0 Å². The Balaban J connectivity index is 1.55. The molecule has 1 fully saturated rings. The molecular weight excluding hydrogens is 349 g/mol. The molecule has 0 aliphatic carbocycles. The Morgan fingerprint density at radius 1 is 1.15 bits per heavy atom. The van der Waals surface area contributed by atoms with E-state index in [1.807, 2.05) is 17.9 Å². The monoisotopic (exact) mass is 371 g/mol. The van der Waals surface area contributed by atoms with Crippen molar-refractivity contribution < 1.29 is 14.1 Å². The van der Waals surface area contributed by atoms with Gasteiger partial charge in [0.05, 0.1) is 4.92 Å². The molecular formula is C20H22FN3O3. The number of non-ortho nitro benzene ring substituents is 1. The average Bonchev–Trinajstić information content (AvgIpc) is 2.68. The summed E-state index contributed by atoms with van der Waals surface area (Å²) in [6, 6.07) is 12.8. The van der Waals surface area contributed by atoms with Gasteiger partial charge in [-0.05, 0) is 29.7 Å². The molecule has 2 aromatic rings. The van der Waals surface area contributed by atoms with Crippen molar-refractivity contribution in [1.82, 2.24) is 4.90 Å². The first-order chi connectivity index (χ1) is 12.9. The largest absolute Gasteiger partial charge is 0.368 e. The molecule has 6 nitrogen and oxygen atoms in total. The van der Waals surface area contributed by atoms with Gasteiger partial charge in [0, 0.05) is 50.4 Å². The summed E-state index contributed by atoms with van der Waals surface area (Å²) in [5, 5.41) is 10.9. The number of nitrogens with zero attached hydrogens (tertiary/aromatic N) is 3. The standard InChI is InChI=1S/C20H22FN3O3/c1-15(16-5-7-17(21)8-6-16)13-20(25)23-11-9-22(10-12-23)18-3-2-4-19(14-18)24(26)27/h2-8,14-15H,9-13H2,1H3. The summed E-state index contributed by atoms with van der Waals surface area (Å²) >= 11 is 0. The summed E-state index contributed by atoms with van der Waals surface area (Å²) in [6.45, 7) is 4.40. The van der Waals surface area contributed by atoms with Crippen LogP contribution < -0.4 is 4.90 Å². The Hall–Kier alpha value is -2.96. The van der Waals surface area contributed by atoms with Crippen LogP contribution in [-0.2, 0) is 4.79 Å². The van der Waals surface area contributed by atoms with E-state index in [0.29, 0.717) is 32.6 Å². The zero-order valence-electron chi connectivity index (χ0n) is 15.2. The number of carbonyl (C=O) groups excluding carboxylic acids is 1. The number of carbonyl (C=O) groups is 1. The molecule has 0 spiro atoms. The van der Waals surface area contributed by atoms with Crippen molar-refractivity contribution in [1.29, 1.82) is 0 Å². The number of hydrogen-bond acceptors (Lipinski definition) is 4. The van der Waals surface area contributed by atoms with Crippen LogP contribution in [0.1, 0.15) is 24.8 Å². The molecule has 1 aliphatic heterocycles. The fraction of sp³-hybridized carbons (Fsp3) is 0.350. The lowest BCUT2D eigenvalue weighted by Crippen LogP contribution is -2.49. The SMILES string of the molecule is CC(CC(=O)N1CCN(c2cccc([N+](=O)[O-])c2)CC1)c1ccc(F)cc1. The first-order valence-electron chi connectivity index (χ1n) is 8.96. The predicted molar refractivity (Wildman–Crippen MR) is 101 cm³/mol. The fourth-order valence-electron chi connectivity index (χ4n) is 3.32. The Labute approximate surface area is 157 Å². The third-order valence-electron chi connectivity index (χ3n) is 4.96. The Bertz CT molecular complexity index is 817. The number of anilines is 1. The van der Waals surface area contributed by atoms with E-state index in [9.17, 15) is 19.3 Å². The molecule has 0 aromatic heterocycles. The summed E-state index contributed by atoms with van der Waals surface area (Å²) in [5.74, 6) is -0.187. The molecule has 1 saturated heterocycles. The van der Waals surface area contributed by atoms with Crippen molar-refractivity contribution in [2.75, 3.05) is 31.1 Å². The van der Waals surface area contributed by atoms with Crippen LogP contribution in [0.15, 0.2) is 48.5 Å². The second-order valence-electron chi connectivity index (χ2n) is 6.80. The number of benzene rings is 2. The minimum atomic E-state index is -0.403. The molecule has 0 N–H and O–H groups in total. The van der Waals surface area contributed by atoms with Crippen LogP contribution in [-0.4, -0.2) is 41.9 Å². The third-order valence-corrected chi connectivity index (χ3v) is 4.96. The molecule has 27 heavy (non-hydrogen) atoms. The highest BCUT2D eigenvalue weighted by Crippen LogP contribution is 2.24. The number of nitro benzene ring substituents is 1. The van der Waals surface area contributed by atoms with Gasteiger partial charge in [0.25, 0.3) is 5.69 Å². The van der Waals surface area contributed by atoms with Crippen LogP contribution in [0.5, 0.6) is 0 Å². The molecule has 1 heterocycles. The number of rotatable bonds is 5. The van der Waals surface area contributed by atoms with Crippen LogP contribution in [0, 0.1) is 15.9 Å². The van der Waals surface area contributed by atoms with Crippen molar-refractivity contribution in [3.05, 3.63) is 70.0 Å². The molecule has 0 radical (unpaired) electrons. The smallest absolute Gasteiger partial charge is 0.271 e. The van der Waals surface area contributed by atoms with Crippen LogP contribution in [0.25, 0.3) is 0 Å². The summed E-state index contributed by atoms with van der Waals surface area (Å²) in [7, 11) is 0. The topological polar surface area (TPSA) is 66.7 Å². The molecule has 1 atom stereocenters. The first kappa shape index (κ1) is 18.8. The minimum absolute atomic E-state index is 0.0212. The van der Waals surface area contributed by atoms with Crippen LogP contribution in [0.4, 0.5) is 15.8 Å². The van der Waals surface area contributed by atoms with Crippen LogP contribution in [0.3, 0.4) is 0 Å². The number of halogens is 1. The Morgan fingerprint density at radius 2 is 1.81 bits per heavy atom. The lowest BCUT2D eigenvalue weighted by atomic mass is 9.97. The second-order valence-corrected chi connectivity index (χ2v) is 6.80. The lowest BCUT2D eigenvalue weighted by molar-refractivity contribution is -0.384. The maximum absolute atomic E-state index is 13.0. The highest BCUT2D eigenvalue weighted by Gasteiger charge is 2.23. The second kappa shape index (κ2) is 8.16. The number of nitro groups is 1. The van der Waals surface area contributed by atoms with E-state index in [4.69, 9.17) is 0 Å². The van der Waals surface area contributed by atoms with Gasteiger partial charge in [0.2, 0.25) is 5.91 Å². The average molecular weight is 371 g/mol. The van der Waals surface area contributed by atoms with E-state index >= 15 is 0 Å². The molecule has 1 unspecified atom stereocenters. The highest BCUT2D eigenvalue weighted by atomic mass is 19.1. The Kier molecular flexibility index (Phi) is 5.69. The van der Waals surface area contributed by atoms with Crippen LogP contribution >= 0.6 is 0 Å². The fourth-order valence-corrected chi connectivity index (χ4v) is 3.32. The summed E-state index contributed by atoms with van der Waals surface area (Å²) in [4.78, 5) is 27.0.